The van der Waals surface area contributed by atoms with Crippen molar-refractivity contribution in [2.24, 2.45) is 0 Å². The Morgan fingerprint density at radius 2 is 2.05 bits per heavy atom. The van der Waals surface area contributed by atoms with E-state index in [0.29, 0.717) is 0 Å². The van der Waals surface area contributed by atoms with E-state index in [1.165, 1.54) is 16.7 Å². The van der Waals surface area contributed by atoms with Crippen LogP contribution in [-0.2, 0) is 6.54 Å². The Labute approximate surface area is 124 Å². The highest BCUT2D eigenvalue weighted by Crippen LogP contribution is 2.32. The number of nitrogens with zero attached hydrogens (tertiary/aromatic N) is 1. The molecule has 106 valence electrons. The summed E-state index contributed by atoms with van der Waals surface area (Å²) in [5.41, 5.74) is 6.92. The third-order valence-corrected chi connectivity index (χ3v) is 4.23. The summed E-state index contributed by atoms with van der Waals surface area (Å²) in [7, 11) is 0. The van der Waals surface area contributed by atoms with Gasteiger partial charge in [-0.1, -0.05) is 30.3 Å². The van der Waals surface area contributed by atoms with Gasteiger partial charge >= 0.3 is 0 Å². The topological polar surface area (TPSA) is 38.1 Å². The fourth-order valence-corrected chi connectivity index (χ4v) is 3.26. The molecule has 2 heterocycles. The normalized spacial score (nSPS) is 17.9. The van der Waals surface area contributed by atoms with Gasteiger partial charge in [0.2, 0.25) is 5.89 Å². The summed E-state index contributed by atoms with van der Waals surface area (Å²) in [5, 5.41) is 3.46. The number of hydrogen-bond donors (Lipinski definition) is 1. The largest absolute Gasteiger partial charge is 0.440 e. The SMILES string of the molecule is Cc1cc(C)c2oc(C3CNCc4ccccc43)nc2c1. The number of fused-ring (bicyclic) bond motifs is 2. The van der Waals surface area contributed by atoms with Crippen LogP contribution in [0.15, 0.2) is 40.8 Å². The van der Waals surface area contributed by atoms with E-state index < -0.39 is 0 Å². The van der Waals surface area contributed by atoms with Crippen LogP contribution in [0.1, 0.15) is 34.1 Å². The zero-order valence-electron chi connectivity index (χ0n) is 12.3. The minimum absolute atomic E-state index is 0.196. The summed E-state index contributed by atoms with van der Waals surface area (Å²) in [6.07, 6.45) is 0. The molecule has 1 aliphatic rings. The van der Waals surface area contributed by atoms with Crippen LogP contribution in [0, 0.1) is 13.8 Å². The first-order chi connectivity index (χ1) is 10.2. The fourth-order valence-electron chi connectivity index (χ4n) is 3.26. The second-order valence-electron chi connectivity index (χ2n) is 5.86. The van der Waals surface area contributed by atoms with Crippen LogP contribution in [0.5, 0.6) is 0 Å². The van der Waals surface area contributed by atoms with Crippen molar-refractivity contribution in [3.8, 4) is 0 Å². The maximum atomic E-state index is 6.10. The standard InChI is InChI=1S/C18H18N2O/c1-11-7-12(2)17-16(8-11)20-18(21-17)15-10-19-9-13-5-3-4-6-14(13)15/h3-8,15,19H,9-10H2,1-2H3. The van der Waals surface area contributed by atoms with E-state index in [4.69, 9.17) is 9.40 Å². The highest BCUT2D eigenvalue weighted by Gasteiger charge is 2.25. The molecule has 0 aliphatic carbocycles. The molecule has 1 N–H and O–H groups in total. The Bertz CT molecular complexity index is 819. The van der Waals surface area contributed by atoms with Crippen LogP contribution in [0.4, 0.5) is 0 Å². The molecule has 1 unspecified atom stereocenters. The van der Waals surface area contributed by atoms with Crippen LogP contribution in [0.2, 0.25) is 0 Å². The fraction of sp³-hybridized carbons (Fsp3) is 0.278. The van der Waals surface area contributed by atoms with Gasteiger partial charge in [0, 0.05) is 13.1 Å². The molecule has 1 aliphatic heterocycles. The second kappa shape index (κ2) is 4.71. The number of aryl methyl sites for hydroxylation is 2. The van der Waals surface area contributed by atoms with Crippen LogP contribution in [0.25, 0.3) is 11.1 Å². The quantitative estimate of drug-likeness (QED) is 0.738. The first-order valence-corrected chi connectivity index (χ1v) is 7.38. The first kappa shape index (κ1) is 12.6. The lowest BCUT2D eigenvalue weighted by molar-refractivity contribution is 0.464. The van der Waals surface area contributed by atoms with Gasteiger partial charge in [-0.15, -0.1) is 0 Å². The Morgan fingerprint density at radius 1 is 1.19 bits per heavy atom. The van der Waals surface area contributed by atoms with E-state index in [1.807, 2.05) is 0 Å². The molecular weight excluding hydrogens is 260 g/mol. The summed E-state index contributed by atoms with van der Waals surface area (Å²) in [6, 6.07) is 12.8. The monoisotopic (exact) mass is 278 g/mol. The highest BCUT2D eigenvalue weighted by atomic mass is 16.3. The van der Waals surface area contributed by atoms with Crippen molar-refractivity contribution in [2.75, 3.05) is 6.54 Å². The number of hydrogen-bond acceptors (Lipinski definition) is 3. The van der Waals surface area contributed by atoms with Gasteiger partial charge < -0.3 is 9.73 Å². The molecule has 4 rings (SSSR count). The molecule has 0 amide bonds. The predicted octanol–water partition coefficient (Wildman–Crippen LogP) is 3.68. The number of benzene rings is 2. The Kier molecular flexibility index (Phi) is 2.82. The molecule has 0 saturated heterocycles. The Morgan fingerprint density at radius 3 is 2.95 bits per heavy atom. The van der Waals surface area contributed by atoms with Gasteiger partial charge in [0.05, 0.1) is 5.92 Å². The van der Waals surface area contributed by atoms with Gasteiger partial charge in [0.1, 0.15) is 5.52 Å². The molecule has 1 atom stereocenters. The minimum Gasteiger partial charge on any atom is -0.440 e. The van der Waals surface area contributed by atoms with Gasteiger partial charge in [-0.05, 0) is 42.2 Å². The molecule has 0 bridgehead atoms. The van der Waals surface area contributed by atoms with E-state index in [1.54, 1.807) is 0 Å². The molecule has 0 saturated carbocycles. The Balaban J connectivity index is 1.86. The molecule has 3 nitrogen and oxygen atoms in total. The zero-order chi connectivity index (χ0) is 14.4. The number of oxazole rings is 1. The van der Waals surface area contributed by atoms with Gasteiger partial charge in [0.15, 0.2) is 5.58 Å². The molecule has 2 aromatic carbocycles. The van der Waals surface area contributed by atoms with Crippen molar-refractivity contribution >= 4 is 11.1 Å². The molecule has 21 heavy (non-hydrogen) atoms. The van der Waals surface area contributed by atoms with E-state index in [-0.39, 0.29) is 5.92 Å². The van der Waals surface area contributed by atoms with Crippen molar-refractivity contribution in [3.63, 3.8) is 0 Å². The average molecular weight is 278 g/mol. The van der Waals surface area contributed by atoms with E-state index in [2.05, 4.69) is 55.6 Å². The van der Waals surface area contributed by atoms with Crippen molar-refractivity contribution in [1.29, 1.82) is 0 Å². The van der Waals surface area contributed by atoms with E-state index in [9.17, 15) is 0 Å². The highest BCUT2D eigenvalue weighted by molar-refractivity contribution is 5.77. The van der Waals surface area contributed by atoms with E-state index >= 15 is 0 Å². The maximum Gasteiger partial charge on any atom is 0.204 e. The number of rotatable bonds is 1. The first-order valence-electron chi connectivity index (χ1n) is 7.38. The molecule has 3 aromatic rings. The molecule has 0 spiro atoms. The molecule has 0 radical (unpaired) electrons. The van der Waals surface area contributed by atoms with Gasteiger partial charge in [-0.3, -0.25) is 0 Å². The van der Waals surface area contributed by atoms with Crippen LogP contribution in [0.3, 0.4) is 0 Å². The van der Waals surface area contributed by atoms with Crippen LogP contribution in [-0.4, -0.2) is 11.5 Å². The predicted molar refractivity (Wildman–Crippen MR) is 83.5 cm³/mol. The third kappa shape index (κ3) is 2.05. The summed E-state index contributed by atoms with van der Waals surface area (Å²) < 4.78 is 6.10. The summed E-state index contributed by atoms with van der Waals surface area (Å²) in [6.45, 7) is 5.97. The van der Waals surface area contributed by atoms with Gasteiger partial charge in [0.25, 0.3) is 0 Å². The van der Waals surface area contributed by atoms with E-state index in [0.717, 1.165) is 35.6 Å². The zero-order valence-corrected chi connectivity index (χ0v) is 12.3. The number of aromatic nitrogens is 1. The summed E-state index contributed by atoms with van der Waals surface area (Å²) in [5.74, 6) is 1.01. The van der Waals surface area contributed by atoms with Crippen LogP contribution >= 0.6 is 0 Å². The smallest absolute Gasteiger partial charge is 0.204 e. The second-order valence-corrected chi connectivity index (χ2v) is 5.86. The molecule has 0 fully saturated rings. The molecule has 3 heteroatoms. The molecule has 1 aromatic heterocycles. The Hall–Kier alpha value is -2.13. The van der Waals surface area contributed by atoms with Crippen molar-refractivity contribution < 1.29 is 4.42 Å². The maximum absolute atomic E-state index is 6.10. The molecular formula is C18H18N2O. The van der Waals surface area contributed by atoms with Crippen molar-refractivity contribution in [3.05, 3.63) is 64.5 Å². The van der Waals surface area contributed by atoms with Gasteiger partial charge in [-0.2, -0.15) is 0 Å². The summed E-state index contributed by atoms with van der Waals surface area (Å²) in [4.78, 5) is 4.75. The summed E-state index contributed by atoms with van der Waals surface area (Å²) >= 11 is 0. The lowest BCUT2D eigenvalue weighted by atomic mass is 9.91. The van der Waals surface area contributed by atoms with Crippen molar-refractivity contribution in [1.82, 2.24) is 10.3 Å². The lowest BCUT2D eigenvalue weighted by Crippen LogP contribution is -2.28. The lowest BCUT2D eigenvalue weighted by Gasteiger charge is -2.23. The minimum atomic E-state index is 0.196. The third-order valence-electron chi connectivity index (χ3n) is 4.23. The number of nitrogens with one attached hydrogen (secondary N) is 1. The van der Waals surface area contributed by atoms with Gasteiger partial charge in [-0.25, -0.2) is 4.98 Å². The average Bonchev–Trinajstić information content (AvgIpc) is 2.90. The van der Waals surface area contributed by atoms with Crippen LogP contribution < -0.4 is 5.32 Å². The van der Waals surface area contributed by atoms with Crippen molar-refractivity contribution in [2.45, 2.75) is 26.3 Å².